The van der Waals surface area contributed by atoms with E-state index in [0.717, 1.165) is 48.4 Å². The smallest absolute Gasteiger partial charge is 0.216 e. The topological polar surface area (TPSA) is 84.1 Å². The zero-order valence-corrected chi connectivity index (χ0v) is 17.3. The molecule has 0 amide bonds. The Balaban J connectivity index is 1.63. The monoisotopic (exact) mass is 391 g/mol. The minimum Gasteiger partial charge on any atom is -0.497 e. The quantitative estimate of drug-likeness (QED) is 0.811. The third-order valence-electron chi connectivity index (χ3n) is 5.26. The summed E-state index contributed by atoms with van der Waals surface area (Å²) in [5.41, 5.74) is 3.04. The molecule has 148 valence electrons. The highest BCUT2D eigenvalue weighted by Crippen LogP contribution is 2.34. The molecule has 6 nitrogen and oxygen atoms in total. The first kappa shape index (κ1) is 19.9. The molecule has 3 rings (SSSR count). The first-order chi connectivity index (χ1) is 12.7. The second-order valence-corrected chi connectivity index (χ2v) is 10.7. The molecule has 2 aromatic rings. The Morgan fingerprint density at radius 3 is 2.48 bits per heavy atom. The molecular weight excluding hydrogens is 362 g/mol. The molecule has 0 bridgehead atoms. The summed E-state index contributed by atoms with van der Waals surface area (Å²) in [6, 6.07) is 9.97. The predicted molar refractivity (Wildman–Crippen MR) is 107 cm³/mol. The van der Waals surface area contributed by atoms with Gasteiger partial charge in [-0.25, -0.2) is 13.1 Å². The summed E-state index contributed by atoms with van der Waals surface area (Å²) >= 11 is 0. The number of hydrogen-bond donors (Lipinski definition) is 2. The van der Waals surface area contributed by atoms with Crippen molar-refractivity contribution < 1.29 is 13.2 Å². The van der Waals surface area contributed by atoms with Gasteiger partial charge < -0.3 is 4.74 Å². The second-order valence-electron chi connectivity index (χ2n) is 8.22. The maximum Gasteiger partial charge on any atom is 0.216 e. The summed E-state index contributed by atoms with van der Waals surface area (Å²) in [5, 5.41) is 7.63. The lowest BCUT2D eigenvalue weighted by Gasteiger charge is -2.30. The van der Waals surface area contributed by atoms with E-state index in [4.69, 9.17) is 4.74 Å². The fraction of sp³-hybridized carbons (Fsp3) is 0.550. The van der Waals surface area contributed by atoms with Crippen molar-refractivity contribution in [3.05, 3.63) is 36.0 Å². The van der Waals surface area contributed by atoms with E-state index in [-0.39, 0.29) is 6.04 Å². The van der Waals surface area contributed by atoms with Crippen molar-refractivity contribution in [3.63, 3.8) is 0 Å². The number of sulfonamides is 1. The van der Waals surface area contributed by atoms with Gasteiger partial charge in [0, 0.05) is 23.2 Å². The maximum atomic E-state index is 12.3. The summed E-state index contributed by atoms with van der Waals surface area (Å²) in [4.78, 5) is 0. The van der Waals surface area contributed by atoms with Gasteiger partial charge in [0.1, 0.15) is 5.75 Å². The van der Waals surface area contributed by atoms with Crippen LogP contribution in [0.15, 0.2) is 30.3 Å². The summed E-state index contributed by atoms with van der Waals surface area (Å²) < 4.78 is 32.1. The number of methoxy groups -OCH3 is 1. The molecule has 1 aromatic carbocycles. The Kier molecular flexibility index (Phi) is 5.63. The van der Waals surface area contributed by atoms with Gasteiger partial charge in [-0.2, -0.15) is 5.10 Å². The van der Waals surface area contributed by atoms with Crippen LogP contribution in [0, 0.1) is 0 Å². The average molecular weight is 392 g/mol. The van der Waals surface area contributed by atoms with E-state index in [9.17, 15) is 8.42 Å². The Hall–Kier alpha value is -1.86. The number of nitrogens with one attached hydrogen (secondary N) is 2. The predicted octanol–water partition coefficient (Wildman–Crippen LogP) is 3.83. The van der Waals surface area contributed by atoms with Crippen LogP contribution in [0.3, 0.4) is 0 Å². The van der Waals surface area contributed by atoms with E-state index < -0.39 is 14.8 Å². The van der Waals surface area contributed by atoms with Gasteiger partial charge in [-0.15, -0.1) is 0 Å². The minimum absolute atomic E-state index is 0.0197. The molecule has 1 fully saturated rings. The van der Waals surface area contributed by atoms with Crippen molar-refractivity contribution in [2.45, 2.75) is 63.2 Å². The lowest BCUT2D eigenvalue weighted by Crippen LogP contribution is -2.45. The van der Waals surface area contributed by atoms with Gasteiger partial charge in [-0.05, 0) is 64.7 Å². The Morgan fingerprint density at radius 2 is 1.85 bits per heavy atom. The molecule has 0 aliphatic heterocycles. The van der Waals surface area contributed by atoms with Crippen molar-refractivity contribution >= 4 is 10.0 Å². The van der Waals surface area contributed by atoms with Gasteiger partial charge in [-0.1, -0.05) is 12.1 Å². The van der Waals surface area contributed by atoms with Gasteiger partial charge in [0.2, 0.25) is 10.0 Å². The molecule has 0 spiro atoms. The van der Waals surface area contributed by atoms with Crippen molar-refractivity contribution in [1.82, 2.24) is 14.9 Å². The van der Waals surface area contributed by atoms with E-state index in [1.165, 1.54) is 0 Å². The number of H-pyrrole nitrogens is 1. The Morgan fingerprint density at radius 1 is 1.15 bits per heavy atom. The molecule has 0 atom stereocenters. The van der Waals surface area contributed by atoms with Crippen LogP contribution in [0.2, 0.25) is 0 Å². The highest BCUT2D eigenvalue weighted by molar-refractivity contribution is 7.90. The van der Waals surface area contributed by atoms with E-state index >= 15 is 0 Å². The molecule has 1 heterocycles. The normalized spacial score (nSPS) is 21.2. The second kappa shape index (κ2) is 7.64. The lowest BCUT2D eigenvalue weighted by atomic mass is 9.84. The standard InChI is InChI=1S/C20H29N3O3S/c1-20(2,3)27(24,25)23-16-10-8-14(9-11-16)18-13-19(22-21-18)15-6-5-7-17(12-15)26-4/h5-7,12-14,16,23H,8-11H2,1-4H3,(H,21,22). The molecule has 0 unspecified atom stereocenters. The Bertz CT molecular complexity index is 876. The van der Waals surface area contributed by atoms with Gasteiger partial charge in [0.05, 0.1) is 17.6 Å². The van der Waals surface area contributed by atoms with Crippen molar-refractivity contribution in [3.8, 4) is 17.0 Å². The number of benzene rings is 1. The number of aromatic amines is 1. The molecule has 27 heavy (non-hydrogen) atoms. The van der Waals surface area contributed by atoms with Crippen LogP contribution in [0.25, 0.3) is 11.3 Å². The van der Waals surface area contributed by atoms with Gasteiger partial charge in [0.15, 0.2) is 0 Å². The van der Waals surface area contributed by atoms with Crippen LogP contribution in [0.4, 0.5) is 0 Å². The zero-order chi connectivity index (χ0) is 19.7. The molecule has 0 saturated heterocycles. The van der Waals surface area contributed by atoms with E-state index in [0.29, 0.717) is 5.92 Å². The number of hydrogen-bond acceptors (Lipinski definition) is 4. The average Bonchev–Trinajstić information content (AvgIpc) is 3.11. The lowest BCUT2D eigenvalue weighted by molar-refractivity contribution is 0.367. The molecule has 1 saturated carbocycles. The zero-order valence-electron chi connectivity index (χ0n) is 16.5. The van der Waals surface area contributed by atoms with Crippen LogP contribution in [0.5, 0.6) is 5.75 Å². The van der Waals surface area contributed by atoms with Gasteiger partial charge in [0.25, 0.3) is 0 Å². The largest absolute Gasteiger partial charge is 0.497 e. The SMILES string of the molecule is COc1cccc(-c2cc(C3CCC(NS(=O)(=O)C(C)(C)C)CC3)[nH]n2)c1. The van der Waals surface area contributed by atoms with Crippen LogP contribution < -0.4 is 9.46 Å². The van der Waals surface area contributed by atoms with E-state index in [1.54, 1.807) is 27.9 Å². The Labute approximate surface area is 161 Å². The molecule has 2 N–H and O–H groups in total. The van der Waals surface area contributed by atoms with Crippen molar-refractivity contribution in [2.75, 3.05) is 7.11 Å². The van der Waals surface area contributed by atoms with Gasteiger partial charge in [-0.3, -0.25) is 5.10 Å². The van der Waals surface area contributed by atoms with Crippen LogP contribution in [-0.2, 0) is 10.0 Å². The molecule has 1 aliphatic rings. The van der Waals surface area contributed by atoms with Crippen LogP contribution in [-0.4, -0.2) is 36.5 Å². The van der Waals surface area contributed by atoms with Gasteiger partial charge >= 0.3 is 0 Å². The molecule has 0 radical (unpaired) electrons. The first-order valence-corrected chi connectivity index (χ1v) is 10.9. The summed E-state index contributed by atoms with van der Waals surface area (Å²) in [5.74, 6) is 1.19. The van der Waals surface area contributed by atoms with E-state index in [2.05, 4.69) is 21.0 Å². The van der Waals surface area contributed by atoms with E-state index in [1.807, 2.05) is 24.3 Å². The summed E-state index contributed by atoms with van der Waals surface area (Å²) in [6.07, 6.45) is 3.56. The number of nitrogens with zero attached hydrogens (tertiary/aromatic N) is 1. The number of rotatable bonds is 5. The minimum atomic E-state index is -3.30. The summed E-state index contributed by atoms with van der Waals surface area (Å²) in [7, 11) is -1.65. The molecule has 7 heteroatoms. The van der Waals surface area contributed by atoms with Crippen molar-refractivity contribution in [1.29, 1.82) is 0 Å². The highest BCUT2D eigenvalue weighted by Gasteiger charge is 2.33. The third kappa shape index (κ3) is 4.52. The van der Waals surface area contributed by atoms with Crippen molar-refractivity contribution in [2.24, 2.45) is 0 Å². The molecular formula is C20H29N3O3S. The molecule has 1 aliphatic carbocycles. The number of aromatic nitrogens is 2. The third-order valence-corrected chi connectivity index (χ3v) is 7.51. The van der Waals surface area contributed by atoms with Crippen LogP contribution >= 0.6 is 0 Å². The number of ether oxygens (including phenoxy) is 1. The molecule has 1 aromatic heterocycles. The fourth-order valence-corrected chi connectivity index (χ4v) is 4.42. The maximum absolute atomic E-state index is 12.3. The summed E-state index contributed by atoms with van der Waals surface area (Å²) in [6.45, 7) is 5.18. The first-order valence-electron chi connectivity index (χ1n) is 9.41. The highest BCUT2D eigenvalue weighted by atomic mass is 32.2. The van der Waals surface area contributed by atoms with Crippen LogP contribution in [0.1, 0.15) is 58.1 Å². The fourth-order valence-electron chi connectivity index (χ4n) is 3.39.